The summed E-state index contributed by atoms with van der Waals surface area (Å²) >= 11 is 1.30. The Morgan fingerprint density at radius 2 is 1.82 bits per heavy atom. The van der Waals surface area contributed by atoms with E-state index in [1.54, 1.807) is 11.4 Å². The number of nitrogens with one attached hydrogen (secondary N) is 1. The molecule has 0 atom stereocenters. The van der Waals surface area contributed by atoms with Gasteiger partial charge in [0, 0.05) is 13.1 Å². The summed E-state index contributed by atoms with van der Waals surface area (Å²) in [5, 5.41) is 4.63. The fraction of sp³-hybridized carbons (Fsp3) is 0.381. The Kier molecular flexibility index (Phi) is 6.14. The van der Waals surface area contributed by atoms with Gasteiger partial charge in [-0.2, -0.15) is 0 Å². The number of carbonyl (C=O) groups is 1. The molecule has 0 saturated heterocycles. The molecular formula is C21H25N3O3S. The molecule has 1 N–H and O–H groups in total. The monoisotopic (exact) mass is 399 g/mol. The molecule has 0 saturated carbocycles. The van der Waals surface area contributed by atoms with Crippen molar-refractivity contribution in [3.63, 3.8) is 0 Å². The van der Waals surface area contributed by atoms with Crippen molar-refractivity contribution >= 4 is 27.5 Å². The van der Waals surface area contributed by atoms with Crippen LogP contribution in [0.1, 0.15) is 31.4 Å². The molecule has 2 aromatic heterocycles. The van der Waals surface area contributed by atoms with Crippen LogP contribution in [0.15, 0.2) is 45.3 Å². The van der Waals surface area contributed by atoms with E-state index in [0.29, 0.717) is 29.2 Å². The fourth-order valence-corrected chi connectivity index (χ4v) is 3.82. The summed E-state index contributed by atoms with van der Waals surface area (Å²) in [7, 11) is 0. The van der Waals surface area contributed by atoms with Gasteiger partial charge in [0.25, 0.3) is 5.56 Å². The van der Waals surface area contributed by atoms with Crippen LogP contribution < -0.4 is 16.6 Å². The van der Waals surface area contributed by atoms with E-state index in [9.17, 15) is 14.4 Å². The van der Waals surface area contributed by atoms with Crippen molar-refractivity contribution in [2.45, 2.75) is 46.8 Å². The maximum absolute atomic E-state index is 12.9. The predicted octanol–water partition coefficient (Wildman–Crippen LogP) is 2.90. The normalized spacial score (nSPS) is 11.3. The molecule has 0 fully saturated rings. The van der Waals surface area contributed by atoms with E-state index in [-0.39, 0.29) is 18.0 Å². The third kappa shape index (κ3) is 4.42. The van der Waals surface area contributed by atoms with Crippen LogP contribution in [-0.2, 0) is 24.4 Å². The summed E-state index contributed by atoms with van der Waals surface area (Å²) < 4.78 is 3.17. The first-order valence-corrected chi connectivity index (χ1v) is 10.3. The molecular weight excluding hydrogens is 374 g/mol. The zero-order chi connectivity index (χ0) is 20.3. The quantitative estimate of drug-likeness (QED) is 0.664. The second kappa shape index (κ2) is 8.56. The molecule has 7 heteroatoms. The topological polar surface area (TPSA) is 73.1 Å². The Morgan fingerprint density at radius 1 is 1.11 bits per heavy atom. The van der Waals surface area contributed by atoms with Crippen LogP contribution >= 0.6 is 11.3 Å². The second-order valence-electron chi connectivity index (χ2n) is 7.41. The summed E-state index contributed by atoms with van der Waals surface area (Å²) in [4.78, 5) is 38.0. The third-order valence-electron chi connectivity index (χ3n) is 4.68. The highest BCUT2D eigenvalue weighted by molar-refractivity contribution is 7.17. The maximum atomic E-state index is 12.9. The molecule has 0 radical (unpaired) electrons. The van der Waals surface area contributed by atoms with Crippen molar-refractivity contribution < 1.29 is 4.79 Å². The first-order chi connectivity index (χ1) is 13.4. The van der Waals surface area contributed by atoms with E-state index < -0.39 is 5.69 Å². The molecule has 0 aliphatic carbocycles. The molecule has 0 aliphatic rings. The van der Waals surface area contributed by atoms with Gasteiger partial charge >= 0.3 is 5.69 Å². The maximum Gasteiger partial charge on any atom is 0.332 e. The van der Waals surface area contributed by atoms with E-state index in [4.69, 9.17) is 0 Å². The Bertz CT molecular complexity index is 1090. The van der Waals surface area contributed by atoms with E-state index in [0.717, 1.165) is 17.5 Å². The molecule has 3 aromatic rings. The summed E-state index contributed by atoms with van der Waals surface area (Å²) in [5.41, 5.74) is 1.97. The van der Waals surface area contributed by atoms with Gasteiger partial charge in [0.05, 0.1) is 5.52 Å². The first kappa shape index (κ1) is 20.1. The van der Waals surface area contributed by atoms with Gasteiger partial charge in [-0.3, -0.25) is 18.7 Å². The minimum atomic E-state index is -0.429. The Morgan fingerprint density at radius 3 is 2.50 bits per heavy atom. The van der Waals surface area contributed by atoms with E-state index in [2.05, 4.69) is 5.32 Å². The SMILES string of the molecule is Cc1ccc(CNC(=O)Cn2c(=O)n(CCC(C)C)c(=O)c3sccc32)cc1. The second-order valence-corrected chi connectivity index (χ2v) is 8.32. The highest BCUT2D eigenvalue weighted by Crippen LogP contribution is 2.15. The van der Waals surface area contributed by atoms with E-state index in [1.165, 1.54) is 20.5 Å². The molecule has 3 rings (SSSR count). The van der Waals surface area contributed by atoms with Crippen molar-refractivity contribution in [3.8, 4) is 0 Å². The van der Waals surface area contributed by atoms with Gasteiger partial charge in [-0.15, -0.1) is 11.3 Å². The Labute approximate surface area is 167 Å². The number of hydrogen-bond acceptors (Lipinski definition) is 4. The van der Waals surface area contributed by atoms with Crippen molar-refractivity contribution in [2.24, 2.45) is 5.92 Å². The average Bonchev–Trinajstić information content (AvgIpc) is 3.14. The number of aromatic nitrogens is 2. The minimum Gasteiger partial charge on any atom is -0.350 e. The highest BCUT2D eigenvalue weighted by atomic mass is 32.1. The number of benzene rings is 1. The molecule has 28 heavy (non-hydrogen) atoms. The fourth-order valence-electron chi connectivity index (χ4n) is 2.98. The molecule has 0 bridgehead atoms. The number of thiophene rings is 1. The zero-order valence-corrected chi connectivity index (χ0v) is 17.2. The number of amides is 1. The molecule has 0 unspecified atom stereocenters. The smallest absolute Gasteiger partial charge is 0.332 e. The number of fused-ring (bicyclic) bond motifs is 1. The summed E-state index contributed by atoms with van der Waals surface area (Å²) in [6.45, 7) is 6.74. The Hall–Kier alpha value is -2.67. The van der Waals surface area contributed by atoms with Gasteiger partial charge in [0.1, 0.15) is 11.2 Å². The van der Waals surface area contributed by atoms with Crippen LogP contribution in [0.2, 0.25) is 0 Å². The van der Waals surface area contributed by atoms with Gasteiger partial charge < -0.3 is 5.32 Å². The lowest BCUT2D eigenvalue weighted by atomic mass is 10.1. The van der Waals surface area contributed by atoms with Crippen LogP contribution in [0.3, 0.4) is 0 Å². The van der Waals surface area contributed by atoms with Crippen LogP contribution in [0, 0.1) is 12.8 Å². The molecule has 148 valence electrons. The number of hydrogen-bond donors (Lipinski definition) is 1. The molecule has 0 spiro atoms. The number of nitrogens with zero attached hydrogens (tertiary/aromatic N) is 2. The lowest BCUT2D eigenvalue weighted by Gasteiger charge is -2.13. The largest absolute Gasteiger partial charge is 0.350 e. The van der Waals surface area contributed by atoms with Crippen LogP contribution in [0.25, 0.3) is 10.2 Å². The average molecular weight is 400 g/mol. The number of rotatable bonds is 7. The standard InChI is InChI=1S/C21H25N3O3S/c1-14(2)8-10-23-20(26)19-17(9-11-28-19)24(21(23)27)13-18(25)22-12-16-6-4-15(3)5-7-16/h4-7,9,11,14H,8,10,12-13H2,1-3H3,(H,22,25). The van der Waals surface area contributed by atoms with Crippen LogP contribution in [0.4, 0.5) is 0 Å². The zero-order valence-electron chi connectivity index (χ0n) is 16.4. The van der Waals surface area contributed by atoms with Crippen LogP contribution in [-0.4, -0.2) is 15.0 Å². The van der Waals surface area contributed by atoms with E-state index >= 15 is 0 Å². The van der Waals surface area contributed by atoms with Gasteiger partial charge in [-0.25, -0.2) is 4.79 Å². The van der Waals surface area contributed by atoms with Crippen molar-refractivity contribution in [2.75, 3.05) is 0 Å². The third-order valence-corrected chi connectivity index (χ3v) is 5.57. The lowest BCUT2D eigenvalue weighted by molar-refractivity contribution is -0.121. The number of aryl methyl sites for hydroxylation is 1. The number of carbonyl (C=O) groups excluding carboxylic acids is 1. The molecule has 0 aliphatic heterocycles. The predicted molar refractivity (Wildman–Crippen MR) is 113 cm³/mol. The molecule has 2 heterocycles. The van der Waals surface area contributed by atoms with E-state index in [1.807, 2.05) is 45.0 Å². The van der Waals surface area contributed by atoms with Crippen molar-refractivity contribution in [3.05, 3.63) is 67.7 Å². The van der Waals surface area contributed by atoms with Crippen molar-refractivity contribution in [1.29, 1.82) is 0 Å². The minimum absolute atomic E-state index is 0.111. The van der Waals surface area contributed by atoms with Crippen molar-refractivity contribution in [1.82, 2.24) is 14.5 Å². The van der Waals surface area contributed by atoms with Gasteiger partial charge in [0.15, 0.2) is 0 Å². The van der Waals surface area contributed by atoms with Gasteiger partial charge in [0.2, 0.25) is 5.91 Å². The first-order valence-electron chi connectivity index (χ1n) is 9.40. The molecule has 6 nitrogen and oxygen atoms in total. The molecule has 1 amide bonds. The van der Waals surface area contributed by atoms with Crippen LogP contribution in [0.5, 0.6) is 0 Å². The lowest BCUT2D eigenvalue weighted by Crippen LogP contribution is -2.42. The summed E-state index contributed by atoms with van der Waals surface area (Å²) in [6, 6.07) is 9.63. The van der Waals surface area contributed by atoms with Gasteiger partial charge in [-0.1, -0.05) is 43.7 Å². The summed E-state index contributed by atoms with van der Waals surface area (Å²) in [6.07, 6.45) is 0.728. The summed E-state index contributed by atoms with van der Waals surface area (Å²) in [5.74, 6) is 0.112. The highest BCUT2D eigenvalue weighted by Gasteiger charge is 2.16. The van der Waals surface area contributed by atoms with Gasteiger partial charge in [-0.05, 0) is 36.3 Å². The molecule has 1 aromatic carbocycles. The Balaban J connectivity index is 1.84.